The Hall–Kier alpha value is -4.57. The van der Waals surface area contributed by atoms with Crippen molar-refractivity contribution in [3.8, 4) is 11.5 Å². The van der Waals surface area contributed by atoms with E-state index in [9.17, 15) is 9.00 Å². The first kappa shape index (κ1) is 30.4. The Morgan fingerprint density at radius 1 is 1.10 bits per heavy atom. The fourth-order valence-electron chi connectivity index (χ4n) is 4.08. The summed E-state index contributed by atoms with van der Waals surface area (Å²) in [5.41, 5.74) is 2.57. The highest BCUT2D eigenvalue weighted by Crippen LogP contribution is 2.35. The van der Waals surface area contributed by atoms with E-state index in [2.05, 4.69) is 19.8 Å². The molecule has 42 heavy (non-hydrogen) atoms. The van der Waals surface area contributed by atoms with E-state index >= 15 is 4.39 Å². The van der Waals surface area contributed by atoms with Crippen LogP contribution in [0.4, 0.5) is 15.8 Å². The largest absolute Gasteiger partial charge is 0.453 e. The van der Waals surface area contributed by atoms with E-state index in [0.29, 0.717) is 39.2 Å². The van der Waals surface area contributed by atoms with Gasteiger partial charge in [0, 0.05) is 24.9 Å². The van der Waals surface area contributed by atoms with Crippen LogP contribution in [-0.2, 0) is 31.6 Å². The summed E-state index contributed by atoms with van der Waals surface area (Å²) in [6.45, 7) is 7.75. The van der Waals surface area contributed by atoms with E-state index in [4.69, 9.17) is 4.74 Å². The average molecular weight is 589 g/mol. The molecule has 2 heterocycles. The summed E-state index contributed by atoms with van der Waals surface area (Å²) in [4.78, 5) is 16.9. The number of aromatic nitrogens is 3. The quantitative estimate of drug-likeness (QED) is 0.203. The van der Waals surface area contributed by atoms with Crippen LogP contribution in [0.15, 0.2) is 95.7 Å². The number of pyridine rings is 1. The molecule has 220 valence electrons. The molecule has 5 rings (SSSR count). The maximum atomic E-state index is 15.1. The molecule has 3 aromatic carbocycles. The summed E-state index contributed by atoms with van der Waals surface area (Å²) in [6, 6.07) is 21.8. The zero-order chi connectivity index (χ0) is 30.3. The van der Waals surface area contributed by atoms with Crippen LogP contribution in [0.2, 0.25) is 0 Å². The maximum absolute atomic E-state index is 15.1. The number of rotatable bonds is 6. The molecule has 8 nitrogen and oxygen atoms in total. The molecule has 0 radical (unpaired) electrons. The molecule has 0 saturated heterocycles. The Kier molecular flexibility index (Phi) is 9.69. The second-order valence-electron chi connectivity index (χ2n) is 10.6. The lowest BCUT2D eigenvalue weighted by molar-refractivity contribution is -0.115. The van der Waals surface area contributed by atoms with Crippen LogP contribution in [0.25, 0.3) is 10.9 Å². The van der Waals surface area contributed by atoms with E-state index in [1.165, 1.54) is 12.3 Å². The first-order chi connectivity index (χ1) is 20.0. The lowest BCUT2D eigenvalue weighted by atomic mass is 10.1. The number of carbonyl (C=O) groups is 1. The van der Waals surface area contributed by atoms with Gasteiger partial charge in [0.1, 0.15) is 5.75 Å². The van der Waals surface area contributed by atoms with Gasteiger partial charge in [0.15, 0.2) is 11.6 Å². The van der Waals surface area contributed by atoms with Crippen molar-refractivity contribution >= 4 is 38.8 Å². The van der Waals surface area contributed by atoms with Crippen LogP contribution in [0.3, 0.4) is 0 Å². The number of anilines is 1. The second kappa shape index (κ2) is 13.4. The third-order valence-electron chi connectivity index (χ3n) is 6.01. The summed E-state index contributed by atoms with van der Waals surface area (Å²) < 4.78 is 38.4. The van der Waals surface area contributed by atoms with Gasteiger partial charge in [0.25, 0.3) is 0 Å². The molecule has 0 atom stereocenters. The highest BCUT2D eigenvalue weighted by molar-refractivity contribution is 7.74. The van der Waals surface area contributed by atoms with Gasteiger partial charge < -0.3 is 18.6 Å². The minimum absolute atomic E-state index is 0. The molecule has 1 N–H and O–H groups in total. The molecular weight excluding hydrogens is 553 g/mol. The fraction of sp³-hybridized carbons (Fsp3) is 0.219. The molecule has 1 amide bonds. The molecule has 0 saturated carbocycles. The van der Waals surface area contributed by atoms with Gasteiger partial charge in [-0.25, -0.2) is 4.39 Å². The van der Waals surface area contributed by atoms with E-state index < -0.39 is 16.4 Å². The van der Waals surface area contributed by atoms with Crippen LogP contribution >= 0.6 is 0 Å². The number of aryl methyl sites for hydroxylation is 1. The predicted octanol–water partition coefficient (Wildman–Crippen LogP) is 7.95. The molecule has 0 aliphatic rings. The summed E-state index contributed by atoms with van der Waals surface area (Å²) >= 11 is 0. The average Bonchev–Trinajstić information content (AvgIpc) is 3.41. The molecule has 10 heteroatoms. The van der Waals surface area contributed by atoms with E-state index in [0.717, 1.165) is 0 Å². The van der Waals surface area contributed by atoms with Gasteiger partial charge >= 0.3 is 0 Å². The Morgan fingerprint density at radius 3 is 2.38 bits per heavy atom. The number of halogens is 1. The highest BCUT2D eigenvalue weighted by atomic mass is 32.2. The third-order valence-corrected chi connectivity index (χ3v) is 6.47. The van der Waals surface area contributed by atoms with E-state index in [1.807, 2.05) is 57.2 Å². The Morgan fingerprint density at radius 2 is 1.79 bits per heavy atom. The van der Waals surface area contributed by atoms with Gasteiger partial charge in [-0.05, 0) is 69.2 Å². The zero-order valence-corrected chi connectivity index (χ0v) is 25.0. The Labute approximate surface area is 248 Å². The van der Waals surface area contributed by atoms with Gasteiger partial charge in [-0.1, -0.05) is 42.5 Å². The number of nitrogens with zero attached hydrogens (tertiary/aromatic N) is 4. The topological polar surface area (TPSA) is 98.5 Å². The SMILES string of the molecule is Cc1cc(CC(=O)Nc2cnn(C(C)(C)C)c2)cc(F)c1Oc1ccnc2ccc(N=[S-](C)=O)cc12.[HH].c1ccccc1. The number of nitrogens with one attached hydrogen (secondary N) is 1. The third kappa shape index (κ3) is 8.23. The van der Waals surface area contributed by atoms with Crippen molar-refractivity contribution in [2.75, 3.05) is 11.6 Å². The lowest BCUT2D eigenvalue weighted by Crippen LogP contribution is -2.22. The predicted molar refractivity (Wildman–Crippen MR) is 167 cm³/mol. The second-order valence-corrected chi connectivity index (χ2v) is 11.6. The van der Waals surface area contributed by atoms with Gasteiger partial charge in [-0.2, -0.15) is 15.7 Å². The van der Waals surface area contributed by atoms with Crippen molar-refractivity contribution in [3.05, 3.63) is 108 Å². The minimum atomic E-state index is -1.37. The first-order valence-electron chi connectivity index (χ1n) is 13.3. The van der Waals surface area contributed by atoms with Crippen molar-refractivity contribution in [1.29, 1.82) is 0 Å². The molecule has 0 aliphatic carbocycles. The van der Waals surface area contributed by atoms with Crippen molar-refractivity contribution in [2.24, 2.45) is 4.36 Å². The van der Waals surface area contributed by atoms with Gasteiger partial charge in [0.05, 0.1) is 29.4 Å². The van der Waals surface area contributed by atoms with Crippen LogP contribution < -0.4 is 10.1 Å². The molecule has 0 aliphatic heterocycles. The van der Waals surface area contributed by atoms with Crippen molar-refractivity contribution in [2.45, 2.75) is 39.7 Å². The van der Waals surface area contributed by atoms with Crippen LogP contribution in [0.5, 0.6) is 11.5 Å². The number of fused-ring (bicyclic) bond motifs is 1. The standard InChI is InChI=1S/C26H27FN5O3S.C6H6.H2/c1-16-10-17(12-24(33)30-19-14-29-32(15-19)26(2,3)4)11-21(27)25(16)35-23-8-9-28-22-7-6-18(13-20(22)23)31-36(5)34;1-2-4-6-5-3-1;/h6-11,13-15H,12H2,1-5H3,(H,30,33);1-6H;1H/q-1;;. The summed E-state index contributed by atoms with van der Waals surface area (Å²) in [6.07, 6.45) is 6.39. The number of carbonyl (C=O) groups excluding carboxylic acids is 1. The number of amides is 1. The summed E-state index contributed by atoms with van der Waals surface area (Å²) in [7, 11) is -1.37. The number of hydrogen-bond donors (Lipinski definition) is 1. The van der Waals surface area contributed by atoms with Crippen LogP contribution in [0.1, 0.15) is 33.3 Å². The monoisotopic (exact) mass is 588 g/mol. The zero-order valence-electron chi connectivity index (χ0n) is 24.2. The highest BCUT2D eigenvalue weighted by Gasteiger charge is 2.17. The van der Waals surface area contributed by atoms with Gasteiger partial charge in [-0.3, -0.25) is 14.5 Å². The number of hydrogen-bond acceptors (Lipinski definition) is 7. The van der Waals surface area contributed by atoms with Crippen molar-refractivity contribution in [3.63, 3.8) is 0 Å². The maximum Gasteiger partial charge on any atom is 0.228 e. The van der Waals surface area contributed by atoms with Gasteiger partial charge in [-0.15, -0.1) is 6.26 Å². The molecule has 0 spiro atoms. The molecule has 0 bridgehead atoms. The normalized spacial score (nSPS) is 12.0. The Bertz CT molecular complexity index is 1730. The van der Waals surface area contributed by atoms with Crippen molar-refractivity contribution in [1.82, 2.24) is 14.8 Å². The fourth-order valence-corrected chi connectivity index (χ4v) is 4.49. The summed E-state index contributed by atoms with van der Waals surface area (Å²) in [5.74, 6) is -0.415. The van der Waals surface area contributed by atoms with E-state index in [1.54, 1.807) is 60.5 Å². The lowest BCUT2D eigenvalue weighted by Gasteiger charge is -2.18. The first-order valence-corrected chi connectivity index (χ1v) is 14.8. The van der Waals surface area contributed by atoms with Crippen LogP contribution in [-0.4, -0.2) is 26.9 Å². The molecule has 5 aromatic rings. The molecule has 2 aromatic heterocycles. The molecule has 0 unspecified atom stereocenters. The minimum Gasteiger partial charge on any atom is -0.453 e. The van der Waals surface area contributed by atoms with E-state index in [-0.39, 0.29) is 25.0 Å². The van der Waals surface area contributed by atoms with Crippen LogP contribution in [0, 0.1) is 12.7 Å². The number of benzene rings is 3. The molecular formula is C32H35FN5O3S-. The summed E-state index contributed by atoms with van der Waals surface area (Å²) in [5, 5.41) is 7.68. The molecule has 0 fully saturated rings. The smallest absolute Gasteiger partial charge is 0.228 e. The number of ether oxygens (including phenoxy) is 1. The Balaban J connectivity index is 0.000000645. The van der Waals surface area contributed by atoms with Gasteiger partial charge in [0.2, 0.25) is 5.91 Å². The van der Waals surface area contributed by atoms with Crippen molar-refractivity contribution < 1.29 is 19.6 Å².